The van der Waals surface area contributed by atoms with E-state index in [9.17, 15) is 22.8 Å². The quantitative estimate of drug-likeness (QED) is 0.751. The lowest BCUT2D eigenvalue weighted by Crippen LogP contribution is -2.42. The summed E-state index contributed by atoms with van der Waals surface area (Å²) in [6.45, 7) is 0. The molecule has 0 saturated carbocycles. The molecule has 9 heteroatoms. The van der Waals surface area contributed by atoms with Gasteiger partial charge in [0.2, 0.25) is 5.91 Å². The van der Waals surface area contributed by atoms with E-state index in [2.05, 4.69) is 31.5 Å². The number of benzene rings is 2. The Balaban J connectivity index is 1.83. The van der Waals surface area contributed by atoms with Crippen LogP contribution in [-0.2, 0) is 11.2 Å². The van der Waals surface area contributed by atoms with Crippen LogP contribution in [0.15, 0.2) is 53.0 Å². The van der Waals surface area contributed by atoms with E-state index >= 15 is 0 Å². The fraction of sp³-hybridized carbons (Fsp3) is 0.125. The van der Waals surface area contributed by atoms with Gasteiger partial charge in [0.15, 0.2) is 0 Å². The first-order valence-electron chi connectivity index (χ1n) is 6.92. The third-order valence-electron chi connectivity index (χ3n) is 2.94. The van der Waals surface area contributed by atoms with Crippen molar-refractivity contribution in [3.05, 3.63) is 64.1 Å². The molecule has 25 heavy (non-hydrogen) atoms. The number of ether oxygens (including phenoxy) is 1. The summed E-state index contributed by atoms with van der Waals surface area (Å²) >= 11 is 3.24. The second-order valence-electron chi connectivity index (χ2n) is 4.88. The predicted molar refractivity (Wildman–Crippen MR) is 86.6 cm³/mol. The van der Waals surface area contributed by atoms with Crippen LogP contribution in [0.25, 0.3) is 0 Å². The standard InChI is InChI=1S/C16H12BrF3N2O3/c17-12-5-3-11(4-6-12)15(24)22-21-14(23)9-10-1-7-13(8-2-10)25-16(18,19)20/h1-8H,9H2,(H,21,23)(H,22,24). The van der Waals surface area contributed by atoms with Gasteiger partial charge in [0, 0.05) is 10.0 Å². The highest BCUT2D eigenvalue weighted by molar-refractivity contribution is 9.10. The topological polar surface area (TPSA) is 67.4 Å². The maximum absolute atomic E-state index is 12.1. The Morgan fingerprint density at radius 3 is 2.12 bits per heavy atom. The van der Waals surface area contributed by atoms with Crippen LogP contribution in [0.3, 0.4) is 0 Å². The van der Waals surface area contributed by atoms with Gasteiger partial charge in [-0.25, -0.2) is 0 Å². The zero-order chi connectivity index (χ0) is 18.4. The SMILES string of the molecule is O=C(Cc1ccc(OC(F)(F)F)cc1)NNC(=O)c1ccc(Br)cc1. The highest BCUT2D eigenvalue weighted by Gasteiger charge is 2.30. The minimum Gasteiger partial charge on any atom is -0.406 e. The lowest BCUT2D eigenvalue weighted by atomic mass is 10.1. The van der Waals surface area contributed by atoms with Gasteiger partial charge in [-0.1, -0.05) is 28.1 Å². The fourth-order valence-corrected chi connectivity index (χ4v) is 2.10. The molecule has 0 saturated heterocycles. The summed E-state index contributed by atoms with van der Waals surface area (Å²) < 4.78 is 40.7. The average molecular weight is 417 g/mol. The van der Waals surface area contributed by atoms with Crippen LogP contribution >= 0.6 is 15.9 Å². The first-order valence-corrected chi connectivity index (χ1v) is 7.72. The van der Waals surface area contributed by atoms with Crippen molar-refractivity contribution in [3.8, 4) is 5.75 Å². The molecule has 0 aliphatic rings. The Hall–Kier alpha value is -2.55. The molecule has 0 heterocycles. The fourth-order valence-electron chi connectivity index (χ4n) is 1.84. The minimum absolute atomic E-state index is 0.118. The molecule has 2 N–H and O–H groups in total. The summed E-state index contributed by atoms with van der Waals surface area (Å²) in [6.07, 6.45) is -4.89. The van der Waals surface area contributed by atoms with E-state index in [-0.39, 0.29) is 12.2 Å². The molecule has 0 spiro atoms. The Bertz CT molecular complexity index is 747. The summed E-state index contributed by atoms with van der Waals surface area (Å²) in [7, 11) is 0. The van der Waals surface area contributed by atoms with E-state index in [1.807, 2.05) is 0 Å². The smallest absolute Gasteiger partial charge is 0.406 e. The number of rotatable bonds is 4. The zero-order valence-electron chi connectivity index (χ0n) is 12.6. The molecule has 0 radical (unpaired) electrons. The lowest BCUT2D eigenvalue weighted by molar-refractivity contribution is -0.274. The maximum Gasteiger partial charge on any atom is 0.573 e. The molecule has 0 atom stereocenters. The van der Waals surface area contributed by atoms with Crippen LogP contribution in [0.1, 0.15) is 15.9 Å². The molecule has 132 valence electrons. The highest BCUT2D eigenvalue weighted by atomic mass is 79.9. The van der Waals surface area contributed by atoms with Crippen molar-refractivity contribution >= 4 is 27.7 Å². The van der Waals surface area contributed by atoms with Crippen LogP contribution in [-0.4, -0.2) is 18.2 Å². The molecule has 2 aromatic rings. The number of hydrazine groups is 1. The number of alkyl halides is 3. The summed E-state index contributed by atoms with van der Waals surface area (Å²) in [6, 6.07) is 11.4. The number of carbonyl (C=O) groups is 2. The monoisotopic (exact) mass is 416 g/mol. The number of halogens is 4. The van der Waals surface area contributed by atoms with Crippen LogP contribution in [0.4, 0.5) is 13.2 Å². The van der Waals surface area contributed by atoms with E-state index in [0.29, 0.717) is 11.1 Å². The summed E-state index contributed by atoms with van der Waals surface area (Å²) in [5.74, 6) is -1.38. The molecule has 0 bridgehead atoms. The molecule has 0 aliphatic carbocycles. The van der Waals surface area contributed by atoms with Gasteiger partial charge in [0.25, 0.3) is 5.91 Å². The molecule has 5 nitrogen and oxygen atoms in total. The molecule has 0 aromatic heterocycles. The molecular formula is C16H12BrF3N2O3. The molecule has 2 aromatic carbocycles. The Morgan fingerprint density at radius 2 is 1.56 bits per heavy atom. The van der Waals surface area contributed by atoms with Crippen molar-refractivity contribution in [3.63, 3.8) is 0 Å². The molecule has 0 fully saturated rings. The zero-order valence-corrected chi connectivity index (χ0v) is 14.1. The Labute approximate surface area is 149 Å². The van der Waals surface area contributed by atoms with Gasteiger partial charge in [0.1, 0.15) is 5.75 Å². The van der Waals surface area contributed by atoms with Crippen LogP contribution < -0.4 is 15.6 Å². The van der Waals surface area contributed by atoms with Crippen molar-refractivity contribution < 1.29 is 27.5 Å². The second-order valence-corrected chi connectivity index (χ2v) is 5.79. The lowest BCUT2D eigenvalue weighted by Gasteiger charge is -2.10. The normalized spacial score (nSPS) is 10.9. The third-order valence-corrected chi connectivity index (χ3v) is 3.47. The number of nitrogens with one attached hydrogen (secondary N) is 2. The first kappa shape index (κ1) is 18.8. The van der Waals surface area contributed by atoms with Gasteiger partial charge in [-0.05, 0) is 42.0 Å². The van der Waals surface area contributed by atoms with Gasteiger partial charge in [-0.3, -0.25) is 20.4 Å². The van der Waals surface area contributed by atoms with E-state index < -0.39 is 18.2 Å². The summed E-state index contributed by atoms with van der Waals surface area (Å²) in [4.78, 5) is 23.6. The summed E-state index contributed by atoms with van der Waals surface area (Å²) in [5.41, 5.74) is 5.31. The predicted octanol–water partition coefficient (Wildman–Crippen LogP) is 3.35. The van der Waals surface area contributed by atoms with Crippen molar-refractivity contribution in [1.29, 1.82) is 0 Å². The average Bonchev–Trinajstić information content (AvgIpc) is 2.54. The van der Waals surface area contributed by atoms with Gasteiger partial charge >= 0.3 is 6.36 Å². The van der Waals surface area contributed by atoms with E-state index in [4.69, 9.17) is 0 Å². The highest BCUT2D eigenvalue weighted by Crippen LogP contribution is 2.22. The van der Waals surface area contributed by atoms with Gasteiger partial charge in [-0.15, -0.1) is 13.2 Å². The van der Waals surface area contributed by atoms with E-state index in [1.54, 1.807) is 24.3 Å². The largest absolute Gasteiger partial charge is 0.573 e. The first-order chi connectivity index (χ1) is 11.7. The third kappa shape index (κ3) is 6.46. The van der Waals surface area contributed by atoms with Crippen molar-refractivity contribution in [2.24, 2.45) is 0 Å². The Morgan fingerprint density at radius 1 is 0.960 bits per heavy atom. The number of hydrogen-bond donors (Lipinski definition) is 2. The molecule has 2 amide bonds. The molecular weight excluding hydrogens is 405 g/mol. The van der Waals surface area contributed by atoms with Crippen molar-refractivity contribution in [1.82, 2.24) is 10.9 Å². The second kappa shape index (κ2) is 8.02. The Kier molecular flexibility index (Phi) is 6.02. The van der Waals surface area contributed by atoms with E-state index in [1.165, 1.54) is 12.1 Å². The van der Waals surface area contributed by atoms with Crippen LogP contribution in [0.2, 0.25) is 0 Å². The van der Waals surface area contributed by atoms with Gasteiger partial charge in [0.05, 0.1) is 6.42 Å². The molecule has 0 aliphatic heterocycles. The van der Waals surface area contributed by atoms with Gasteiger partial charge in [-0.2, -0.15) is 0 Å². The number of amides is 2. The van der Waals surface area contributed by atoms with Crippen LogP contribution in [0.5, 0.6) is 5.75 Å². The number of hydrogen-bond acceptors (Lipinski definition) is 3. The van der Waals surface area contributed by atoms with Crippen molar-refractivity contribution in [2.45, 2.75) is 12.8 Å². The molecule has 2 rings (SSSR count). The minimum atomic E-state index is -4.77. The van der Waals surface area contributed by atoms with E-state index in [0.717, 1.165) is 16.6 Å². The van der Waals surface area contributed by atoms with Crippen molar-refractivity contribution in [2.75, 3.05) is 0 Å². The molecule has 0 unspecified atom stereocenters. The number of carbonyl (C=O) groups excluding carboxylic acids is 2. The summed E-state index contributed by atoms with van der Waals surface area (Å²) in [5, 5.41) is 0. The van der Waals surface area contributed by atoms with Crippen LogP contribution in [0, 0.1) is 0 Å². The van der Waals surface area contributed by atoms with Gasteiger partial charge < -0.3 is 4.74 Å². The maximum atomic E-state index is 12.1.